The van der Waals surface area contributed by atoms with Crippen LogP contribution < -0.4 is 15.5 Å². The van der Waals surface area contributed by atoms with Crippen LogP contribution in [-0.2, 0) is 17.7 Å². The molecule has 11 heteroatoms. The maximum absolute atomic E-state index is 13.0. The fourth-order valence-corrected chi connectivity index (χ4v) is 5.48. The van der Waals surface area contributed by atoms with Crippen LogP contribution in [0.2, 0.25) is 5.15 Å². The molecule has 0 saturated carbocycles. The van der Waals surface area contributed by atoms with E-state index in [1.807, 2.05) is 32.0 Å². The van der Waals surface area contributed by atoms with Crippen LogP contribution in [0.5, 0.6) is 0 Å². The lowest BCUT2D eigenvalue weighted by molar-refractivity contribution is 0.0531. The Morgan fingerprint density at radius 1 is 1.22 bits per heavy atom. The fraction of sp³-hybridized carbons (Fsp3) is 0.440. The van der Waals surface area contributed by atoms with Gasteiger partial charge < -0.3 is 25.3 Å². The molecule has 0 aliphatic carbocycles. The van der Waals surface area contributed by atoms with Crippen LogP contribution in [0.4, 0.5) is 5.13 Å². The lowest BCUT2D eigenvalue weighted by Gasteiger charge is -2.39. The first kappa shape index (κ1) is 26.1. The monoisotopic (exact) mass is 530 g/mol. The van der Waals surface area contributed by atoms with Crippen molar-refractivity contribution in [3.63, 3.8) is 0 Å². The molecule has 0 unspecified atom stereocenters. The van der Waals surface area contributed by atoms with Crippen LogP contribution in [0.15, 0.2) is 30.3 Å². The number of esters is 1. The molecule has 1 fully saturated rings. The van der Waals surface area contributed by atoms with Gasteiger partial charge in [-0.3, -0.25) is 4.79 Å². The van der Waals surface area contributed by atoms with Gasteiger partial charge >= 0.3 is 5.97 Å². The van der Waals surface area contributed by atoms with E-state index in [4.69, 9.17) is 16.3 Å². The average molecular weight is 531 g/mol. The summed E-state index contributed by atoms with van der Waals surface area (Å²) in [4.78, 5) is 39.8. The molecule has 3 aromatic rings. The number of hydrogen-bond donors (Lipinski definition) is 3. The molecule has 192 valence electrons. The van der Waals surface area contributed by atoms with Gasteiger partial charge in [-0.25, -0.2) is 14.8 Å². The van der Waals surface area contributed by atoms with E-state index < -0.39 is 0 Å². The molecule has 1 aliphatic rings. The molecule has 2 aromatic heterocycles. The summed E-state index contributed by atoms with van der Waals surface area (Å²) in [6.45, 7) is 7.84. The lowest BCUT2D eigenvalue weighted by Crippen LogP contribution is -2.59. The Labute approximate surface area is 219 Å². The number of aromatic nitrogens is 3. The Kier molecular flexibility index (Phi) is 8.60. The van der Waals surface area contributed by atoms with Gasteiger partial charge in [0.05, 0.1) is 18.0 Å². The first-order valence-electron chi connectivity index (χ1n) is 12.1. The molecule has 2 atom stereocenters. The van der Waals surface area contributed by atoms with Gasteiger partial charge in [0.15, 0.2) is 16.1 Å². The Balaban J connectivity index is 1.50. The number of nitrogens with one attached hydrogen (secondary N) is 3. The van der Waals surface area contributed by atoms with E-state index in [0.29, 0.717) is 54.8 Å². The predicted molar refractivity (Wildman–Crippen MR) is 141 cm³/mol. The van der Waals surface area contributed by atoms with E-state index in [0.717, 1.165) is 16.4 Å². The van der Waals surface area contributed by atoms with Gasteiger partial charge in [0, 0.05) is 31.7 Å². The van der Waals surface area contributed by atoms with Crippen LogP contribution in [0, 0.1) is 6.92 Å². The Bertz CT molecular complexity index is 1200. The summed E-state index contributed by atoms with van der Waals surface area (Å²) in [5.74, 6) is -0.407. The van der Waals surface area contributed by atoms with Gasteiger partial charge in [0.2, 0.25) is 0 Å². The summed E-state index contributed by atoms with van der Waals surface area (Å²) in [6, 6.07) is 9.93. The summed E-state index contributed by atoms with van der Waals surface area (Å²) in [7, 11) is 0. The number of imidazole rings is 1. The number of aromatic amines is 1. The summed E-state index contributed by atoms with van der Waals surface area (Å²) in [5.41, 5.74) is 2.56. The fourth-order valence-electron chi connectivity index (χ4n) is 4.22. The molecule has 0 spiro atoms. The maximum atomic E-state index is 13.0. The van der Waals surface area contributed by atoms with Crippen molar-refractivity contribution < 1.29 is 14.3 Å². The van der Waals surface area contributed by atoms with Crippen molar-refractivity contribution in [2.24, 2.45) is 0 Å². The first-order chi connectivity index (χ1) is 17.4. The highest BCUT2D eigenvalue weighted by Crippen LogP contribution is 2.29. The second-order valence-electron chi connectivity index (χ2n) is 8.63. The molecule has 1 amide bonds. The van der Waals surface area contributed by atoms with Crippen LogP contribution in [-0.4, -0.2) is 58.6 Å². The zero-order valence-corrected chi connectivity index (χ0v) is 22.2. The zero-order valence-electron chi connectivity index (χ0n) is 20.6. The van der Waals surface area contributed by atoms with Crippen molar-refractivity contribution >= 4 is 39.9 Å². The van der Waals surface area contributed by atoms with Crippen molar-refractivity contribution in [2.75, 3.05) is 24.6 Å². The number of nitrogens with zero attached hydrogens (tertiary/aromatic N) is 3. The van der Waals surface area contributed by atoms with Gasteiger partial charge in [-0.15, -0.1) is 0 Å². The quantitative estimate of drug-likeness (QED) is 0.361. The van der Waals surface area contributed by atoms with E-state index in [9.17, 15) is 9.59 Å². The van der Waals surface area contributed by atoms with Crippen molar-refractivity contribution in [3.8, 4) is 0 Å². The summed E-state index contributed by atoms with van der Waals surface area (Å²) in [6.07, 6.45) is 1.36. The minimum Gasteiger partial charge on any atom is -0.462 e. The largest absolute Gasteiger partial charge is 0.462 e. The standard InChI is InChI=1S/C25H31ClN6O3S/c1-4-17-21(26)31-22(29-17)23(33)30-18-11-12-32(14-19(18)27-13-16-9-7-6-8-10-16)25-28-15(3)20(36-25)24(34)35-5-2/h6-10,18-19,27H,4-5,11-14H2,1-3H3,(H,29,31)(H,30,33)/t18-,19-/m0/s1. The van der Waals surface area contributed by atoms with Gasteiger partial charge in [0.25, 0.3) is 5.91 Å². The van der Waals surface area contributed by atoms with Crippen molar-refractivity contribution in [2.45, 2.75) is 52.2 Å². The van der Waals surface area contributed by atoms with Crippen molar-refractivity contribution in [1.29, 1.82) is 0 Å². The Hall–Kier alpha value is -2.95. The summed E-state index contributed by atoms with van der Waals surface area (Å²) >= 11 is 7.49. The van der Waals surface area contributed by atoms with E-state index in [1.165, 1.54) is 11.3 Å². The number of H-pyrrole nitrogens is 1. The molecular formula is C25H31ClN6O3S. The summed E-state index contributed by atoms with van der Waals surface area (Å²) in [5, 5.41) is 7.85. The topological polar surface area (TPSA) is 112 Å². The van der Waals surface area contributed by atoms with Crippen LogP contribution in [0.3, 0.4) is 0 Å². The number of benzene rings is 1. The van der Waals surface area contributed by atoms with Crippen LogP contribution in [0.1, 0.15) is 57.5 Å². The molecule has 0 radical (unpaired) electrons. The SMILES string of the molecule is CCOC(=O)c1sc(N2CC[C@H](NC(=O)c3nc(Cl)c(CC)[nH]3)[C@@H](NCc3ccccc3)C2)nc1C. The van der Waals surface area contributed by atoms with E-state index >= 15 is 0 Å². The molecule has 9 nitrogen and oxygen atoms in total. The highest BCUT2D eigenvalue weighted by molar-refractivity contribution is 7.17. The average Bonchev–Trinajstić information content (AvgIpc) is 3.46. The predicted octanol–water partition coefficient (Wildman–Crippen LogP) is 3.73. The maximum Gasteiger partial charge on any atom is 0.350 e. The molecule has 1 aromatic carbocycles. The highest BCUT2D eigenvalue weighted by atomic mass is 35.5. The van der Waals surface area contributed by atoms with E-state index in [1.54, 1.807) is 6.92 Å². The number of hydrogen-bond acceptors (Lipinski definition) is 8. The zero-order chi connectivity index (χ0) is 25.7. The number of piperidine rings is 1. The Morgan fingerprint density at radius 3 is 2.69 bits per heavy atom. The molecule has 4 rings (SSSR count). The smallest absolute Gasteiger partial charge is 0.350 e. The number of aryl methyl sites for hydroxylation is 2. The van der Waals surface area contributed by atoms with Gasteiger partial charge in [-0.05, 0) is 32.3 Å². The molecule has 1 saturated heterocycles. The van der Waals surface area contributed by atoms with Crippen LogP contribution in [0.25, 0.3) is 0 Å². The third-order valence-corrected chi connectivity index (χ3v) is 7.66. The first-order valence-corrected chi connectivity index (χ1v) is 13.3. The number of ether oxygens (including phenoxy) is 1. The van der Waals surface area contributed by atoms with Gasteiger partial charge in [0.1, 0.15) is 4.88 Å². The minimum absolute atomic E-state index is 0.0609. The normalized spacial score (nSPS) is 17.7. The van der Waals surface area contributed by atoms with E-state index in [2.05, 4.69) is 42.6 Å². The summed E-state index contributed by atoms with van der Waals surface area (Å²) < 4.78 is 5.17. The van der Waals surface area contributed by atoms with Gasteiger partial charge in [-0.2, -0.15) is 0 Å². The number of carbonyl (C=O) groups is 2. The molecule has 3 heterocycles. The molecular weight excluding hydrogens is 500 g/mol. The number of halogens is 1. The second kappa shape index (κ2) is 11.9. The van der Waals surface area contributed by atoms with Crippen LogP contribution >= 0.6 is 22.9 Å². The number of anilines is 1. The third kappa shape index (κ3) is 6.05. The second-order valence-corrected chi connectivity index (χ2v) is 9.96. The Morgan fingerprint density at radius 2 is 2.00 bits per heavy atom. The number of amides is 1. The van der Waals surface area contributed by atoms with Crippen molar-refractivity contribution in [3.05, 3.63) is 63.1 Å². The lowest BCUT2D eigenvalue weighted by atomic mass is 9.99. The van der Waals surface area contributed by atoms with Crippen molar-refractivity contribution in [1.82, 2.24) is 25.6 Å². The minimum atomic E-state index is -0.344. The molecule has 0 bridgehead atoms. The number of carbonyl (C=O) groups excluding carboxylic acids is 2. The number of thiazole rings is 1. The third-order valence-electron chi connectivity index (χ3n) is 6.15. The molecule has 3 N–H and O–H groups in total. The number of rotatable bonds is 9. The molecule has 1 aliphatic heterocycles. The highest BCUT2D eigenvalue weighted by Gasteiger charge is 2.33. The van der Waals surface area contributed by atoms with Gasteiger partial charge in [-0.1, -0.05) is 60.2 Å². The molecule has 36 heavy (non-hydrogen) atoms. The van der Waals surface area contributed by atoms with E-state index in [-0.39, 0.29) is 29.8 Å².